The molecular weight excluding hydrogens is 605 g/mol. The molecular formula is C37H62N8OS. The van der Waals surface area contributed by atoms with E-state index >= 15 is 0 Å². The monoisotopic (exact) mass is 666 g/mol. The number of piperazine rings is 1. The predicted molar refractivity (Wildman–Crippen MR) is 201 cm³/mol. The van der Waals surface area contributed by atoms with Crippen molar-refractivity contribution in [3.8, 4) is 6.19 Å². The maximum absolute atomic E-state index is 12.1. The molecule has 3 rings (SSSR count). The third-order valence-electron chi connectivity index (χ3n) is 8.29. The second kappa shape index (κ2) is 23.9. The lowest BCUT2D eigenvalue weighted by Crippen LogP contribution is -2.56. The number of aryl methyl sites for hydroxylation is 1. The van der Waals surface area contributed by atoms with Gasteiger partial charge in [-0.3, -0.25) is 14.6 Å². The van der Waals surface area contributed by atoms with Crippen LogP contribution in [0.15, 0.2) is 59.3 Å². The first-order valence-corrected chi connectivity index (χ1v) is 17.4. The fourth-order valence-electron chi connectivity index (χ4n) is 5.46. The number of nitrogens with zero attached hydrogens (tertiary/aromatic N) is 5. The van der Waals surface area contributed by atoms with Crippen LogP contribution in [0.25, 0.3) is 0 Å². The summed E-state index contributed by atoms with van der Waals surface area (Å²) in [7, 11) is 4.38. The largest absolute Gasteiger partial charge is 0.381 e. The lowest BCUT2D eigenvalue weighted by Gasteiger charge is -2.42. The number of nitriles is 1. The molecule has 1 aliphatic rings. The second-order valence-electron chi connectivity index (χ2n) is 12.3. The maximum Gasteiger partial charge on any atom is 0.173 e. The summed E-state index contributed by atoms with van der Waals surface area (Å²) < 4.78 is 0. The minimum Gasteiger partial charge on any atom is -0.381 e. The average molecular weight is 667 g/mol. The number of hydrogen-bond donors (Lipinski definition) is 3. The summed E-state index contributed by atoms with van der Waals surface area (Å²) in [6.07, 6.45) is 6.08. The Morgan fingerprint density at radius 2 is 1.91 bits per heavy atom. The molecule has 0 saturated carbocycles. The molecule has 2 heterocycles. The van der Waals surface area contributed by atoms with Crippen LogP contribution in [0.1, 0.15) is 70.5 Å². The van der Waals surface area contributed by atoms with Crippen LogP contribution in [0.4, 0.5) is 0 Å². The van der Waals surface area contributed by atoms with Crippen molar-refractivity contribution < 1.29 is 4.79 Å². The SMILES string of the molecule is C=C(CCC)/C(Cc1ccccc1C)=C(\CN1CCN(C)C(CN(C)CC(C)(C)C(C)=O)C1)NCc1nccs1.C=N.CC.N#CN. The van der Waals surface area contributed by atoms with Crippen molar-refractivity contribution in [2.75, 3.05) is 53.4 Å². The van der Waals surface area contributed by atoms with E-state index in [1.165, 1.54) is 34.2 Å². The van der Waals surface area contributed by atoms with Gasteiger partial charge in [-0.1, -0.05) is 71.9 Å². The van der Waals surface area contributed by atoms with Gasteiger partial charge in [-0.25, -0.2) is 4.98 Å². The van der Waals surface area contributed by atoms with Crippen molar-refractivity contribution in [1.29, 1.82) is 10.7 Å². The minimum absolute atomic E-state index is 0.243. The molecule has 1 saturated heterocycles. The number of carbonyl (C=O) groups is 1. The molecule has 1 aromatic carbocycles. The number of nitrogens with two attached hydrogens (primary N) is 1. The van der Waals surface area contributed by atoms with Gasteiger partial charge in [0.1, 0.15) is 10.8 Å². The number of likely N-dealkylation sites (N-methyl/N-ethyl adjacent to an activating group) is 2. The van der Waals surface area contributed by atoms with Gasteiger partial charge >= 0.3 is 0 Å². The van der Waals surface area contributed by atoms with Crippen molar-refractivity contribution in [2.45, 2.75) is 80.3 Å². The molecule has 0 aliphatic carbocycles. The van der Waals surface area contributed by atoms with Crippen LogP contribution in [0.3, 0.4) is 0 Å². The Labute approximate surface area is 290 Å². The van der Waals surface area contributed by atoms with Crippen molar-refractivity contribution in [1.82, 2.24) is 25.0 Å². The molecule has 1 aliphatic heterocycles. The molecule has 1 unspecified atom stereocenters. The van der Waals surface area contributed by atoms with E-state index in [4.69, 9.17) is 10.7 Å². The molecule has 0 bridgehead atoms. The van der Waals surface area contributed by atoms with Gasteiger partial charge in [0, 0.05) is 68.0 Å². The van der Waals surface area contributed by atoms with Crippen LogP contribution in [0.5, 0.6) is 0 Å². The van der Waals surface area contributed by atoms with E-state index in [9.17, 15) is 4.79 Å². The molecule has 1 aromatic heterocycles. The topological polar surface area (TPSA) is 125 Å². The summed E-state index contributed by atoms with van der Waals surface area (Å²) >= 11 is 1.69. The van der Waals surface area contributed by atoms with Gasteiger partial charge in [0.05, 0.1) is 6.54 Å². The molecule has 10 heteroatoms. The zero-order valence-electron chi connectivity index (χ0n) is 30.7. The molecule has 1 fully saturated rings. The van der Waals surface area contributed by atoms with E-state index in [1.54, 1.807) is 18.3 Å². The quantitative estimate of drug-likeness (QED) is 0.0879. The van der Waals surface area contributed by atoms with E-state index in [1.807, 2.05) is 39.3 Å². The normalized spacial score (nSPS) is 15.4. The fraction of sp³-hybridized carbons (Fsp3) is 0.568. The van der Waals surface area contributed by atoms with Crippen LogP contribution in [-0.4, -0.2) is 91.6 Å². The Morgan fingerprint density at radius 1 is 1.28 bits per heavy atom. The Balaban J connectivity index is 0.00000280. The van der Waals surface area contributed by atoms with Crippen molar-refractivity contribution >= 4 is 23.8 Å². The number of benzene rings is 1. The molecule has 9 nitrogen and oxygen atoms in total. The summed E-state index contributed by atoms with van der Waals surface area (Å²) in [4.78, 5) is 24.1. The molecule has 0 spiro atoms. The number of carbonyl (C=O) groups excluding carboxylic acids is 1. The Kier molecular flexibility index (Phi) is 22.2. The summed E-state index contributed by atoms with van der Waals surface area (Å²) in [6, 6.07) is 9.11. The first-order chi connectivity index (χ1) is 22.4. The second-order valence-corrected chi connectivity index (χ2v) is 13.3. The predicted octanol–water partition coefficient (Wildman–Crippen LogP) is 6.28. The summed E-state index contributed by atoms with van der Waals surface area (Å²) in [6.45, 7) is 27.6. The zero-order valence-corrected chi connectivity index (χ0v) is 31.5. The molecule has 262 valence electrons. The van der Waals surface area contributed by atoms with Crippen LogP contribution in [0, 0.1) is 29.2 Å². The first-order valence-electron chi connectivity index (χ1n) is 16.6. The minimum atomic E-state index is -0.332. The van der Waals surface area contributed by atoms with E-state index in [-0.39, 0.29) is 11.2 Å². The highest BCUT2D eigenvalue weighted by Gasteiger charge is 2.30. The highest BCUT2D eigenvalue weighted by Crippen LogP contribution is 2.25. The summed E-state index contributed by atoms with van der Waals surface area (Å²) in [5, 5.41) is 19.6. The van der Waals surface area contributed by atoms with Crippen molar-refractivity contribution in [3.63, 3.8) is 0 Å². The molecule has 47 heavy (non-hydrogen) atoms. The highest BCUT2D eigenvalue weighted by molar-refractivity contribution is 7.09. The van der Waals surface area contributed by atoms with Gasteiger partial charge in [0.25, 0.3) is 0 Å². The molecule has 4 N–H and O–H groups in total. The van der Waals surface area contributed by atoms with E-state index in [0.717, 1.165) is 70.1 Å². The van der Waals surface area contributed by atoms with Crippen molar-refractivity contribution in [3.05, 3.63) is 75.4 Å². The van der Waals surface area contributed by atoms with E-state index in [0.29, 0.717) is 6.04 Å². The lowest BCUT2D eigenvalue weighted by atomic mass is 9.88. The number of nitrogens with one attached hydrogen (secondary N) is 2. The zero-order chi connectivity index (χ0) is 36.0. The van der Waals surface area contributed by atoms with Crippen LogP contribution >= 0.6 is 11.3 Å². The number of Topliss-reactive ketones (excluding diaryl/α,β-unsaturated/α-hetero) is 1. The molecule has 2 aromatic rings. The number of hydrogen-bond acceptors (Lipinski definition) is 10. The van der Waals surface area contributed by atoms with Crippen LogP contribution in [-0.2, 0) is 17.8 Å². The number of ketones is 1. The van der Waals surface area contributed by atoms with Gasteiger partial charge in [-0.2, -0.15) is 5.26 Å². The maximum atomic E-state index is 12.1. The number of allylic oxidation sites excluding steroid dienone is 2. The van der Waals surface area contributed by atoms with Crippen molar-refractivity contribution in [2.24, 2.45) is 11.1 Å². The lowest BCUT2D eigenvalue weighted by molar-refractivity contribution is -0.125. The Bertz CT molecular complexity index is 1250. The average Bonchev–Trinajstić information content (AvgIpc) is 3.56. The summed E-state index contributed by atoms with van der Waals surface area (Å²) in [5.74, 6) is 0.243. The Hall–Kier alpha value is -3.36. The number of aromatic nitrogens is 1. The van der Waals surface area contributed by atoms with Gasteiger partial charge in [-0.05, 0) is 69.8 Å². The number of rotatable bonds is 15. The fourth-order valence-corrected chi connectivity index (χ4v) is 6.02. The van der Waals surface area contributed by atoms with E-state index < -0.39 is 0 Å². The smallest absolute Gasteiger partial charge is 0.173 e. The van der Waals surface area contributed by atoms with Gasteiger partial charge in [0.15, 0.2) is 6.19 Å². The molecule has 1 atom stereocenters. The van der Waals surface area contributed by atoms with Gasteiger partial charge < -0.3 is 21.4 Å². The van der Waals surface area contributed by atoms with Gasteiger partial charge in [0.2, 0.25) is 0 Å². The van der Waals surface area contributed by atoms with Crippen LogP contribution < -0.4 is 11.1 Å². The first kappa shape index (κ1) is 43.6. The van der Waals surface area contributed by atoms with Crippen LogP contribution in [0.2, 0.25) is 0 Å². The van der Waals surface area contributed by atoms with E-state index in [2.05, 4.69) is 96.2 Å². The summed E-state index contributed by atoms with van der Waals surface area (Å²) in [5.41, 5.74) is 10.3. The third-order valence-corrected chi connectivity index (χ3v) is 9.07. The third kappa shape index (κ3) is 15.9. The molecule has 0 amide bonds. The molecule has 0 radical (unpaired) electrons. The highest BCUT2D eigenvalue weighted by atomic mass is 32.1. The van der Waals surface area contributed by atoms with Gasteiger partial charge in [-0.15, -0.1) is 11.3 Å². The number of thiazole rings is 1. The standard InChI is InChI=1S/C33H51N5OS.C2H6.CH2N2.CH3N/c1-9-12-26(3)30(19-28-14-11-10-13-25(28)2)31(35-20-32-34-15-18-40-32)23-38-17-16-37(8)29(22-38)21-36(7)24-33(5,6)27(4)39;1-2;2-1-3;1-2/h10-11,13-15,18,29,35H,3,9,12,16-17,19-24H2,1-2,4-8H3;1-2H3;2H2;2H,1H2/b31-30+;;;. The Morgan fingerprint density at radius 3 is 2.47 bits per heavy atom.